The highest BCUT2D eigenvalue weighted by atomic mass is 35.5. The predicted molar refractivity (Wildman–Crippen MR) is 79.0 cm³/mol. The average molecular weight is 322 g/mol. The molecule has 0 saturated carbocycles. The molecular weight excluding hydrogens is 313 g/mol. The van der Waals surface area contributed by atoms with Crippen molar-refractivity contribution in [2.75, 3.05) is 5.73 Å². The Hall–Kier alpha value is -2.18. The van der Waals surface area contributed by atoms with E-state index in [2.05, 4.69) is 20.1 Å². The average Bonchev–Trinajstić information content (AvgIpc) is 2.91. The van der Waals surface area contributed by atoms with Gasteiger partial charge in [0.1, 0.15) is 0 Å². The van der Waals surface area contributed by atoms with Gasteiger partial charge in [0.2, 0.25) is 0 Å². The van der Waals surface area contributed by atoms with Crippen LogP contribution in [-0.4, -0.2) is 20.1 Å². The van der Waals surface area contributed by atoms with Crippen LogP contribution in [0.3, 0.4) is 0 Å². The number of halogens is 2. The summed E-state index contributed by atoms with van der Waals surface area (Å²) in [5, 5.41) is 5.01. The zero-order valence-electron chi connectivity index (χ0n) is 10.6. The number of hydrogen-bond acceptors (Lipinski definition) is 6. The van der Waals surface area contributed by atoms with Gasteiger partial charge >= 0.3 is 0 Å². The number of nitrogens with zero attached hydrogens (tertiary/aromatic N) is 4. The van der Waals surface area contributed by atoms with E-state index in [-0.39, 0.29) is 11.7 Å². The molecule has 0 radical (unpaired) electrons. The fraction of sp³-hybridized carbons (Fsp3) is 0.0769. The third-order valence-corrected chi connectivity index (χ3v) is 3.35. The Bertz CT molecular complexity index is 790. The van der Waals surface area contributed by atoms with Crippen molar-refractivity contribution in [3.05, 3.63) is 52.0 Å². The first-order chi connectivity index (χ1) is 10.1. The number of hydrogen-bond donors (Lipinski definition) is 1. The third-order valence-electron chi connectivity index (χ3n) is 2.76. The number of aromatic nitrogens is 4. The first kappa shape index (κ1) is 13.8. The van der Waals surface area contributed by atoms with Crippen LogP contribution in [0, 0.1) is 0 Å². The molecule has 0 saturated heterocycles. The van der Waals surface area contributed by atoms with Gasteiger partial charge in [-0.1, -0.05) is 34.4 Å². The summed E-state index contributed by atoms with van der Waals surface area (Å²) in [6.45, 7) is 0. The normalized spacial score (nSPS) is 10.8. The van der Waals surface area contributed by atoms with E-state index in [0.717, 1.165) is 5.56 Å². The van der Waals surface area contributed by atoms with Gasteiger partial charge in [0, 0.05) is 28.9 Å². The number of rotatable bonds is 3. The molecule has 0 aliphatic carbocycles. The summed E-state index contributed by atoms with van der Waals surface area (Å²) < 4.78 is 5.15. The summed E-state index contributed by atoms with van der Waals surface area (Å²) >= 11 is 12.0. The minimum Gasteiger partial charge on any atom is -0.382 e. The largest absolute Gasteiger partial charge is 0.382 e. The van der Waals surface area contributed by atoms with Crippen LogP contribution in [0.15, 0.2) is 35.1 Å². The Morgan fingerprint density at radius 3 is 2.71 bits per heavy atom. The monoisotopic (exact) mass is 321 g/mol. The van der Waals surface area contributed by atoms with Crippen LogP contribution in [-0.2, 0) is 6.42 Å². The highest BCUT2D eigenvalue weighted by Gasteiger charge is 2.14. The van der Waals surface area contributed by atoms with Crippen molar-refractivity contribution < 1.29 is 4.52 Å². The molecule has 2 aromatic heterocycles. The Morgan fingerprint density at radius 2 is 1.95 bits per heavy atom. The number of benzene rings is 1. The second-order valence-corrected chi connectivity index (χ2v) is 5.06. The maximum Gasteiger partial charge on any atom is 0.280 e. The maximum atomic E-state index is 6.12. The van der Waals surface area contributed by atoms with Crippen LogP contribution in [0.5, 0.6) is 0 Å². The predicted octanol–water partition coefficient (Wildman–Crippen LogP) is 3.01. The molecule has 6 nitrogen and oxygen atoms in total. The Labute approximate surface area is 129 Å². The molecule has 21 heavy (non-hydrogen) atoms. The standard InChI is InChI=1S/C13H9Cl2N5O/c14-8-2-1-7(9(15)6-8)5-10-19-13(21-20-10)11-12(16)18-4-3-17-11/h1-4,6H,5H2,(H2,16,18). The summed E-state index contributed by atoms with van der Waals surface area (Å²) in [6.07, 6.45) is 3.41. The summed E-state index contributed by atoms with van der Waals surface area (Å²) in [5.41, 5.74) is 6.93. The van der Waals surface area contributed by atoms with Crippen LogP contribution in [0.25, 0.3) is 11.6 Å². The van der Waals surface area contributed by atoms with Crippen molar-refractivity contribution in [3.63, 3.8) is 0 Å². The SMILES string of the molecule is Nc1nccnc1-c1nc(Cc2ccc(Cl)cc2Cl)no1. The van der Waals surface area contributed by atoms with Gasteiger partial charge in [-0.3, -0.25) is 0 Å². The number of anilines is 1. The van der Waals surface area contributed by atoms with E-state index in [4.69, 9.17) is 33.5 Å². The van der Waals surface area contributed by atoms with Crippen LogP contribution >= 0.6 is 23.2 Å². The second-order valence-electron chi connectivity index (χ2n) is 4.22. The van der Waals surface area contributed by atoms with Gasteiger partial charge in [-0.25, -0.2) is 9.97 Å². The fourth-order valence-corrected chi connectivity index (χ4v) is 2.25. The highest BCUT2D eigenvalue weighted by Crippen LogP contribution is 2.24. The lowest BCUT2D eigenvalue weighted by Gasteiger charge is -2.00. The Morgan fingerprint density at radius 1 is 1.14 bits per heavy atom. The molecule has 3 aromatic rings. The fourth-order valence-electron chi connectivity index (χ4n) is 1.77. The van der Waals surface area contributed by atoms with Gasteiger partial charge in [0.05, 0.1) is 0 Å². The minimum absolute atomic E-state index is 0.223. The van der Waals surface area contributed by atoms with E-state index in [0.29, 0.717) is 28.0 Å². The van der Waals surface area contributed by atoms with E-state index >= 15 is 0 Å². The molecule has 8 heteroatoms. The van der Waals surface area contributed by atoms with Crippen LogP contribution in [0.1, 0.15) is 11.4 Å². The molecule has 3 rings (SSSR count). The van der Waals surface area contributed by atoms with Crippen molar-refractivity contribution in [2.24, 2.45) is 0 Å². The number of nitrogen functional groups attached to an aromatic ring is 1. The van der Waals surface area contributed by atoms with Crippen LogP contribution < -0.4 is 5.73 Å². The third kappa shape index (κ3) is 2.96. The maximum absolute atomic E-state index is 6.12. The van der Waals surface area contributed by atoms with E-state index in [1.807, 2.05) is 6.07 Å². The summed E-state index contributed by atoms with van der Waals surface area (Å²) in [6, 6.07) is 5.24. The van der Waals surface area contributed by atoms with Crippen molar-refractivity contribution >= 4 is 29.0 Å². The van der Waals surface area contributed by atoms with Gasteiger partial charge in [-0.15, -0.1) is 0 Å². The zero-order chi connectivity index (χ0) is 14.8. The minimum atomic E-state index is 0.223. The van der Waals surface area contributed by atoms with Crippen molar-refractivity contribution in [1.82, 2.24) is 20.1 Å². The van der Waals surface area contributed by atoms with Gasteiger partial charge in [0.25, 0.3) is 5.89 Å². The molecule has 0 unspecified atom stereocenters. The lowest BCUT2D eigenvalue weighted by atomic mass is 10.1. The Balaban J connectivity index is 1.87. The van der Waals surface area contributed by atoms with Gasteiger partial charge in [0.15, 0.2) is 17.3 Å². The molecule has 0 fully saturated rings. The van der Waals surface area contributed by atoms with Crippen molar-refractivity contribution in [3.8, 4) is 11.6 Å². The molecule has 0 atom stereocenters. The van der Waals surface area contributed by atoms with E-state index in [1.165, 1.54) is 12.4 Å². The summed E-state index contributed by atoms with van der Waals surface area (Å²) in [7, 11) is 0. The summed E-state index contributed by atoms with van der Waals surface area (Å²) in [4.78, 5) is 12.2. The number of nitrogens with two attached hydrogens (primary N) is 1. The molecule has 0 bridgehead atoms. The van der Waals surface area contributed by atoms with Gasteiger partial charge < -0.3 is 10.3 Å². The molecule has 2 N–H and O–H groups in total. The molecule has 1 aromatic carbocycles. The van der Waals surface area contributed by atoms with E-state index in [9.17, 15) is 0 Å². The van der Waals surface area contributed by atoms with Crippen molar-refractivity contribution in [1.29, 1.82) is 0 Å². The quantitative estimate of drug-likeness (QED) is 0.797. The molecule has 0 amide bonds. The highest BCUT2D eigenvalue weighted by molar-refractivity contribution is 6.35. The Kier molecular flexibility index (Phi) is 3.72. The lowest BCUT2D eigenvalue weighted by molar-refractivity contribution is 0.422. The van der Waals surface area contributed by atoms with Crippen LogP contribution in [0.4, 0.5) is 5.82 Å². The van der Waals surface area contributed by atoms with Gasteiger partial charge in [-0.2, -0.15) is 4.98 Å². The lowest BCUT2D eigenvalue weighted by Crippen LogP contribution is -1.96. The van der Waals surface area contributed by atoms with Crippen LogP contribution in [0.2, 0.25) is 10.0 Å². The van der Waals surface area contributed by atoms with Crippen molar-refractivity contribution in [2.45, 2.75) is 6.42 Å². The molecule has 106 valence electrons. The topological polar surface area (TPSA) is 90.7 Å². The van der Waals surface area contributed by atoms with E-state index < -0.39 is 0 Å². The first-order valence-electron chi connectivity index (χ1n) is 5.97. The van der Waals surface area contributed by atoms with Gasteiger partial charge in [-0.05, 0) is 17.7 Å². The second kappa shape index (κ2) is 5.67. The molecule has 0 spiro atoms. The molecule has 0 aliphatic heterocycles. The molecular formula is C13H9Cl2N5O. The first-order valence-corrected chi connectivity index (χ1v) is 6.72. The zero-order valence-corrected chi connectivity index (χ0v) is 12.1. The molecule has 0 aliphatic rings. The molecule has 2 heterocycles. The summed E-state index contributed by atoms with van der Waals surface area (Å²) in [5.74, 6) is 0.928. The van der Waals surface area contributed by atoms with E-state index in [1.54, 1.807) is 12.1 Å². The smallest absolute Gasteiger partial charge is 0.280 e.